The summed E-state index contributed by atoms with van der Waals surface area (Å²) < 4.78 is 14.6. The van der Waals surface area contributed by atoms with Gasteiger partial charge in [0.2, 0.25) is 0 Å². The fourth-order valence-electron chi connectivity index (χ4n) is 4.59. The van der Waals surface area contributed by atoms with Gasteiger partial charge < -0.3 is 9.47 Å². The Morgan fingerprint density at radius 2 is 1.72 bits per heavy atom. The average Bonchev–Trinajstić information content (AvgIpc) is 3.53. The zero-order valence-electron chi connectivity index (χ0n) is 19.5. The second-order valence-corrected chi connectivity index (χ2v) is 11.4. The number of carbonyl (C=O) groups excluding carboxylic acids is 1. The van der Waals surface area contributed by atoms with E-state index in [1.165, 1.54) is 46.2 Å². The number of halogens is 1. The number of rotatable bonds is 8. The maximum absolute atomic E-state index is 11.8. The predicted octanol–water partition coefficient (Wildman–Crippen LogP) is 6.20. The molecule has 0 N–H and O–H groups in total. The van der Waals surface area contributed by atoms with Crippen LogP contribution in [0, 0.1) is 15.4 Å². The largest absolute Gasteiger partial charge is 0.458 e. The van der Waals surface area contributed by atoms with E-state index in [-0.39, 0.29) is 12.6 Å². The molecule has 0 saturated heterocycles. The summed E-state index contributed by atoms with van der Waals surface area (Å²) in [5.41, 5.74) is 3.39. The highest BCUT2D eigenvalue weighted by atomic mass is 127. The van der Waals surface area contributed by atoms with E-state index >= 15 is 0 Å². The van der Waals surface area contributed by atoms with Gasteiger partial charge in [0.1, 0.15) is 12.2 Å². The van der Waals surface area contributed by atoms with Crippen molar-refractivity contribution < 1.29 is 14.3 Å². The molecule has 2 fully saturated rings. The average molecular weight is 550 g/mol. The smallest absolute Gasteiger partial charge is 0.332 e. The second kappa shape index (κ2) is 10.2. The highest BCUT2D eigenvalue weighted by Crippen LogP contribution is 2.44. The third kappa shape index (κ3) is 6.34. The van der Waals surface area contributed by atoms with Gasteiger partial charge in [-0.25, -0.2) is 4.79 Å². The summed E-state index contributed by atoms with van der Waals surface area (Å²) in [5.74, 6) is 1.55. The van der Waals surface area contributed by atoms with Crippen LogP contribution < -0.4 is 0 Å². The van der Waals surface area contributed by atoms with Crippen LogP contribution >= 0.6 is 22.6 Å². The molecule has 0 amide bonds. The predicted molar refractivity (Wildman–Crippen MR) is 134 cm³/mol. The Balaban J connectivity index is 1.31. The van der Waals surface area contributed by atoms with E-state index in [4.69, 9.17) is 14.6 Å². The summed E-state index contributed by atoms with van der Waals surface area (Å²) >= 11 is 2.51. The molecule has 0 atom stereocenters. The SMILES string of the molecule is CC(C)(C)OC(=O)COCC1CCC(Cn2nc(C3CC3)c(I)c2-c2ccccc2)CC1. The lowest BCUT2D eigenvalue weighted by Crippen LogP contribution is -2.28. The van der Waals surface area contributed by atoms with Crippen molar-refractivity contribution >= 4 is 28.6 Å². The Labute approximate surface area is 205 Å². The molecule has 174 valence electrons. The van der Waals surface area contributed by atoms with Gasteiger partial charge in [-0.2, -0.15) is 5.10 Å². The van der Waals surface area contributed by atoms with Crippen LogP contribution in [0.25, 0.3) is 11.3 Å². The van der Waals surface area contributed by atoms with E-state index < -0.39 is 5.60 Å². The van der Waals surface area contributed by atoms with E-state index in [0.717, 1.165) is 19.4 Å². The van der Waals surface area contributed by atoms with E-state index in [1.54, 1.807) is 0 Å². The first-order valence-electron chi connectivity index (χ1n) is 11.9. The molecule has 1 heterocycles. The molecule has 2 saturated carbocycles. The molecule has 1 aromatic heterocycles. The molecular formula is C26H35IN2O3. The number of aromatic nitrogens is 2. The summed E-state index contributed by atoms with van der Waals surface area (Å²) in [6, 6.07) is 10.7. The molecule has 0 radical (unpaired) electrons. The fourth-order valence-corrected chi connectivity index (χ4v) is 5.72. The Morgan fingerprint density at radius 1 is 1.06 bits per heavy atom. The Bertz CT molecular complexity index is 907. The van der Waals surface area contributed by atoms with E-state index in [9.17, 15) is 4.79 Å². The number of hydrogen-bond acceptors (Lipinski definition) is 4. The Hall–Kier alpha value is -1.41. The first-order valence-corrected chi connectivity index (χ1v) is 13.0. The van der Waals surface area contributed by atoms with Gasteiger partial charge in [-0.3, -0.25) is 4.68 Å². The van der Waals surface area contributed by atoms with Crippen LogP contribution in [0.5, 0.6) is 0 Å². The number of esters is 1. The minimum absolute atomic E-state index is 0.0489. The molecule has 2 aromatic rings. The van der Waals surface area contributed by atoms with Gasteiger partial charge >= 0.3 is 5.97 Å². The molecule has 32 heavy (non-hydrogen) atoms. The monoisotopic (exact) mass is 550 g/mol. The molecule has 5 nitrogen and oxygen atoms in total. The summed E-state index contributed by atoms with van der Waals surface area (Å²) in [7, 11) is 0. The van der Waals surface area contributed by atoms with Crippen LogP contribution in [-0.2, 0) is 20.8 Å². The quantitative estimate of drug-likeness (QED) is 0.290. The molecule has 4 rings (SSSR count). The van der Waals surface area contributed by atoms with Crippen LogP contribution in [0.1, 0.15) is 70.9 Å². The molecule has 2 aliphatic carbocycles. The van der Waals surface area contributed by atoms with Crippen molar-refractivity contribution in [2.45, 2.75) is 77.4 Å². The van der Waals surface area contributed by atoms with Crippen LogP contribution in [0.2, 0.25) is 0 Å². The van der Waals surface area contributed by atoms with Gasteiger partial charge in [-0.1, -0.05) is 30.3 Å². The lowest BCUT2D eigenvalue weighted by Gasteiger charge is -2.28. The van der Waals surface area contributed by atoms with Gasteiger partial charge in [0, 0.05) is 18.0 Å². The highest BCUT2D eigenvalue weighted by Gasteiger charge is 2.32. The first-order chi connectivity index (χ1) is 15.3. The van der Waals surface area contributed by atoms with E-state index in [2.05, 4.69) is 57.6 Å². The van der Waals surface area contributed by atoms with Crippen molar-refractivity contribution in [3.8, 4) is 11.3 Å². The zero-order valence-corrected chi connectivity index (χ0v) is 21.6. The van der Waals surface area contributed by atoms with Crippen molar-refractivity contribution in [2.24, 2.45) is 11.8 Å². The molecule has 2 aliphatic rings. The topological polar surface area (TPSA) is 53.4 Å². The van der Waals surface area contributed by atoms with Gasteiger partial charge in [0.05, 0.1) is 21.6 Å². The van der Waals surface area contributed by atoms with Crippen molar-refractivity contribution in [2.75, 3.05) is 13.2 Å². The van der Waals surface area contributed by atoms with E-state index in [1.807, 2.05) is 20.8 Å². The van der Waals surface area contributed by atoms with Crippen molar-refractivity contribution in [1.82, 2.24) is 9.78 Å². The molecule has 0 unspecified atom stereocenters. The van der Waals surface area contributed by atoms with Gasteiger partial charge in [0.25, 0.3) is 0 Å². The third-order valence-electron chi connectivity index (χ3n) is 6.32. The normalized spacial score (nSPS) is 21.5. The van der Waals surface area contributed by atoms with Crippen molar-refractivity contribution in [3.63, 3.8) is 0 Å². The van der Waals surface area contributed by atoms with Crippen LogP contribution in [0.15, 0.2) is 30.3 Å². The van der Waals surface area contributed by atoms with Gasteiger partial charge in [-0.15, -0.1) is 0 Å². The van der Waals surface area contributed by atoms with Gasteiger partial charge in [-0.05, 0) is 93.7 Å². The molecule has 6 heteroatoms. The number of nitrogens with zero attached hydrogens (tertiary/aromatic N) is 2. The van der Waals surface area contributed by atoms with Crippen molar-refractivity contribution in [1.29, 1.82) is 0 Å². The summed E-state index contributed by atoms with van der Waals surface area (Å²) in [4.78, 5) is 11.8. The maximum atomic E-state index is 11.8. The standard InChI is InChI=1S/C26H35IN2O3/c1-26(2,3)32-22(30)17-31-16-19-11-9-18(10-12-19)15-29-25(21-7-5-4-6-8-21)23(27)24(28-29)20-13-14-20/h4-8,18-20H,9-17H2,1-3H3. The minimum atomic E-state index is -0.458. The second-order valence-electron chi connectivity index (χ2n) is 10.4. The number of benzene rings is 1. The number of carbonyl (C=O) groups is 1. The minimum Gasteiger partial charge on any atom is -0.458 e. The summed E-state index contributed by atoms with van der Waals surface area (Å²) in [6.45, 7) is 7.31. The number of hydrogen-bond donors (Lipinski definition) is 0. The Kier molecular flexibility index (Phi) is 7.60. The van der Waals surface area contributed by atoms with E-state index in [0.29, 0.717) is 24.4 Å². The van der Waals surface area contributed by atoms with Crippen LogP contribution in [-0.4, -0.2) is 34.6 Å². The molecule has 0 aliphatic heterocycles. The zero-order chi connectivity index (χ0) is 22.7. The number of ether oxygens (including phenoxy) is 2. The molecule has 1 aromatic carbocycles. The first kappa shape index (κ1) is 23.7. The lowest BCUT2D eigenvalue weighted by molar-refractivity contribution is -0.160. The lowest BCUT2D eigenvalue weighted by atomic mass is 9.82. The molecule has 0 bridgehead atoms. The molecule has 0 spiro atoms. The fraction of sp³-hybridized carbons (Fsp3) is 0.615. The third-order valence-corrected chi connectivity index (χ3v) is 7.39. The van der Waals surface area contributed by atoms with Crippen LogP contribution in [0.4, 0.5) is 0 Å². The summed E-state index contributed by atoms with van der Waals surface area (Å²) in [5, 5.41) is 5.09. The summed E-state index contributed by atoms with van der Waals surface area (Å²) in [6.07, 6.45) is 7.21. The maximum Gasteiger partial charge on any atom is 0.332 e. The Morgan fingerprint density at radius 3 is 2.34 bits per heavy atom. The molecular weight excluding hydrogens is 515 g/mol. The highest BCUT2D eigenvalue weighted by molar-refractivity contribution is 14.1. The van der Waals surface area contributed by atoms with Crippen molar-refractivity contribution in [3.05, 3.63) is 39.6 Å². The van der Waals surface area contributed by atoms with Crippen LogP contribution in [0.3, 0.4) is 0 Å². The van der Waals surface area contributed by atoms with Gasteiger partial charge in [0.15, 0.2) is 0 Å².